The molecule has 1 aliphatic carbocycles. The molecule has 0 spiro atoms. The topological polar surface area (TPSA) is 112 Å². The Kier molecular flexibility index (Phi) is 8.42. The van der Waals surface area contributed by atoms with Crippen LogP contribution in [0, 0.1) is 0 Å². The Morgan fingerprint density at radius 3 is 2.64 bits per heavy atom. The third kappa shape index (κ3) is 5.46. The Morgan fingerprint density at radius 1 is 1.11 bits per heavy atom. The summed E-state index contributed by atoms with van der Waals surface area (Å²) >= 11 is 3.07. The number of methoxy groups -OCH3 is 2. The lowest BCUT2D eigenvalue weighted by molar-refractivity contribution is -0.113. The fourth-order valence-electron chi connectivity index (χ4n) is 4.20. The smallest absolute Gasteiger partial charge is 0.339 e. The molecule has 0 aliphatic heterocycles. The van der Waals surface area contributed by atoms with Gasteiger partial charge in [-0.2, -0.15) is 0 Å². The summed E-state index contributed by atoms with van der Waals surface area (Å²) in [6, 6.07) is 4.27. The summed E-state index contributed by atoms with van der Waals surface area (Å²) in [6.07, 6.45) is 5.50. The number of amides is 1. The minimum Gasteiger partial charge on any atom is -0.465 e. The van der Waals surface area contributed by atoms with Gasteiger partial charge in [0.25, 0.3) is 0 Å². The van der Waals surface area contributed by atoms with Crippen molar-refractivity contribution in [1.82, 2.24) is 14.8 Å². The van der Waals surface area contributed by atoms with E-state index in [1.165, 1.54) is 67.5 Å². The van der Waals surface area contributed by atoms with Crippen molar-refractivity contribution in [1.29, 1.82) is 0 Å². The number of esters is 2. The van der Waals surface area contributed by atoms with Crippen LogP contribution in [0.1, 0.15) is 57.3 Å². The van der Waals surface area contributed by atoms with Gasteiger partial charge in [0, 0.05) is 22.4 Å². The number of hydrogen-bond donors (Lipinski definition) is 1. The molecular weight excluding hydrogens is 500 g/mol. The van der Waals surface area contributed by atoms with Crippen molar-refractivity contribution in [2.75, 3.05) is 25.3 Å². The molecule has 1 aliphatic rings. The van der Waals surface area contributed by atoms with E-state index in [4.69, 9.17) is 9.47 Å². The predicted molar refractivity (Wildman–Crippen MR) is 139 cm³/mol. The third-order valence-corrected chi connectivity index (χ3v) is 7.97. The molecule has 9 nitrogen and oxygen atoms in total. The number of anilines is 1. The van der Waals surface area contributed by atoms with Crippen molar-refractivity contribution >= 4 is 46.6 Å². The summed E-state index contributed by atoms with van der Waals surface area (Å²) in [4.78, 5) is 38.4. The molecule has 1 aromatic carbocycles. The SMILES string of the molecule is CCCn1c(SCC(=O)Nc2cc(C(=O)OC)ccc2C(=O)OC)nnc1-c1csc2c1CCCC2. The van der Waals surface area contributed by atoms with Gasteiger partial charge >= 0.3 is 11.9 Å². The second-order valence-electron chi connectivity index (χ2n) is 8.30. The van der Waals surface area contributed by atoms with E-state index in [9.17, 15) is 14.4 Å². The van der Waals surface area contributed by atoms with E-state index >= 15 is 0 Å². The molecule has 0 atom stereocenters. The predicted octanol–water partition coefficient (Wildman–Crippen LogP) is 4.60. The Morgan fingerprint density at radius 2 is 1.89 bits per heavy atom. The molecule has 190 valence electrons. The summed E-state index contributed by atoms with van der Waals surface area (Å²) in [6.45, 7) is 2.83. The molecule has 36 heavy (non-hydrogen) atoms. The molecule has 0 bridgehead atoms. The highest BCUT2D eigenvalue weighted by Crippen LogP contribution is 2.37. The number of benzene rings is 1. The van der Waals surface area contributed by atoms with Crippen molar-refractivity contribution < 1.29 is 23.9 Å². The molecule has 0 radical (unpaired) electrons. The van der Waals surface area contributed by atoms with Gasteiger partial charge in [0.2, 0.25) is 5.91 Å². The Bertz CT molecular complexity index is 1280. The summed E-state index contributed by atoms with van der Waals surface area (Å²) in [5, 5.41) is 14.4. The lowest BCUT2D eigenvalue weighted by Gasteiger charge is -2.14. The highest BCUT2D eigenvalue weighted by atomic mass is 32.2. The number of hydrogen-bond acceptors (Lipinski definition) is 9. The Balaban J connectivity index is 1.52. The second kappa shape index (κ2) is 11.7. The standard InChI is InChI=1S/C25H28N4O5S2/c1-4-11-29-22(18-13-35-20-8-6-5-7-16(18)20)27-28-25(29)36-14-21(30)26-19-12-15(23(31)33-2)9-10-17(19)24(32)34-3/h9-10,12-13H,4-8,11,14H2,1-3H3,(H,26,30). The molecule has 2 aromatic heterocycles. The normalized spacial score (nSPS) is 12.6. The molecule has 1 amide bonds. The van der Waals surface area contributed by atoms with Crippen LogP contribution in [-0.4, -0.2) is 52.6 Å². The molecule has 1 N–H and O–H groups in total. The maximum absolute atomic E-state index is 12.8. The third-order valence-electron chi connectivity index (χ3n) is 5.92. The summed E-state index contributed by atoms with van der Waals surface area (Å²) in [7, 11) is 2.51. The van der Waals surface area contributed by atoms with Crippen molar-refractivity contribution in [3.8, 4) is 11.4 Å². The first kappa shape index (κ1) is 25.9. The Labute approximate surface area is 217 Å². The average molecular weight is 529 g/mol. The zero-order chi connectivity index (χ0) is 25.7. The quantitative estimate of drug-likeness (QED) is 0.317. The van der Waals surface area contributed by atoms with Gasteiger partial charge < -0.3 is 19.4 Å². The molecule has 3 aromatic rings. The van der Waals surface area contributed by atoms with Crippen LogP contribution in [0.25, 0.3) is 11.4 Å². The van der Waals surface area contributed by atoms with E-state index in [1.54, 1.807) is 11.3 Å². The fourth-order valence-corrected chi connectivity index (χ4v) is 6.09. The van der Waals surface area contributed by atoms with Gasteiger partial charge in [-0.3, -0.25) is 4.79 Å². The molecule has 0 unspecified atom stereocenters. The minimum absolute atomic E-state index is 0.0483. The van der Waals surface area contributed by atoms with Crippen LogP contribution in [0.5, 0.6) is 0 Å². The van der Waals surface area contributed by atoms with Gasteiger partial charge in [0.15, 0.2) is 11.0 Å². The summed E-state index contributed by atoms with van der Waals surface area (Å²) in [5.41, 5.74) is 3.05. The highest BCUT2D eigenvalue weighted by Gasteiger charge is 2.23. The number of fused-ring (bicyclic) bond motifs is 1. The van der Waals surface area contributed by atoms with Crippen LogP contribution in [0.3, 0.4) is 0 Å². The van der Waals surface area contributed by atoms with Crippen molar-refractivity contribution in [3.05, 3.63) is 45.1 Å². The molecular formula is C25H28N4O5S2. The average Bonchev–Trinajstić information content (AvgIpc) is 3.50. The molecule has 0 fully saturated rings. The van der Waals surface area contributed by atoms with Gasteiger partial charge in [-0.25, -0.2) is 9.59 Å². The number of nitrogens with one attached hydrogen (secondary N) is 1. The maximum Gasteiger partial charge on any atom is 0.339 e. The second-order valence-corrected chi connectivity index (χ2v) is 10.2. The monoisotopic (exact) mass is 528 g/mol. The molecule has 4 rings (SSSR count). The van der Waals surface area contributed by atoms with Crippen LogP contribution in [0.15, 0.2) is 28.7 Å². The Hall–Kier alpha value is -3.18. The largest absolute Gasteiger partial charge is 0.465 e. The summed E-state index contributed by atoms with van der Waals surface area (Å²) in [5.74, 6) is -0.661. The van der Waals surface area contributed by atoms with Gasteiger partial charge in [-0.05, 0) is 55.9 Å². The number of nitrogens with zero attached hydrogens (tertiary/aromatic N) is 3. The fraction of sp³-hybridized carbons (Fsp3) is 0.400. The maximum atomic E-state index is 12.8. The molecule has 0 saturated heterocycles. The van der Waals surface area contributed by atoms with Gasteiger partial charge in [-0.1, -0.05) is 18.7 Å². The number of ether oxygens (including phenoxy) is 2. The number of thiophene rings is 1. The van der Waals surface area contributed by atoms with Crippen LogP contribution >= 0.6 is 23.1 Å². The first-order chi connectivity index (χ1) is 17.5. The minimum atomic E-state index is -0.624. The van der Waals surface area contributed by atoms with E-state index in [1.807, 2.05) is 0 Å². The van der Waals surface area contributed by atoms with E-state index in [0.29, 0.717) is 5.16 Å². The number of carbonyl (C=O) groups excluding carboxylic acids is 3. The van der Waals surface area contributed by atoms with E-state index in [0.717, 1.165) is 37.2 Å². The molecule has 11 heteroatoms. The van der Waals surface area contributed by atoms with E-state index < -0.39 is 11.9 Å². The van der Waals surface area contributed by atoms with E-state index in [-0.39, 0.29) is 28.5 Å². The number of rotatable bonds is 9. The van der Waals surface area contributed by atoms with Crippen molar-refractivity contribution in [2.45, 2.75) is 50.7 Å². The van der Waals surface area contributed by atoms with Gasteiger partial charge in [-0.15, -0.1) is 21.5 Å². The first-order valence-corrected chi connectivity index (χ1v) is 13.6. The van der Waals surface area contributed by atoms with Crippen LogP contribution in [-0.2, 0) is 33.7 Å². The highest BCUT2D eigenvalue weighted by molar-refractivity contribution is 7.99. The zero-order valence-corrected chi connectivity index (χ0v) is 22.1. The summed E-state index contributed by atoms with van der Waals surface area (Å²) < 4.78 is 11.6. The van der Waals surface area contributed by atoms with Gasteiger partial charge in [0.05, 0.1) is 36.8 Å². The number of thioether (sulfide) groups is 1. The van der Waals surface area contributed by atoms with E-state index in [2.05, 4.69) is 32.4 Å². The van der Waals surface area contributed by atoms with Crippen molar-refractivity contribution in [2.24, 2.45) is 0 Å². The number of aryl methyl sites for hydroxylation is 1. The number of carbonyl (C=O) groups is 3. The van der Waals surface area contributed by atoms with Gasteiger partial charge in [0.1, 0.15) is 0 Å². The van der Waals surface area contributed by atoms with Crippen LogP contribution < -0.4 is 5.32 Å². The molecule has 2 heterocycles. The number of aromatic nitrogens is 3. The van der Waals surface area contributed by atoms with Crippen LogP contribution in [0.4, 0.5) is 5.69 Å². The lowest BCUT2D eigenvalue weighted by Crippen LogP contribution is -2.18. The molecule has 0 saturated carbocycles. The van der Waals surface area contributed by atoms with Crippen LogP contribution in [0.2, 0.25) is 0 Å². The zero-order valence-electron chi connectivity index (χ0n) is 20.5. The van der Waals surface area contributed by atoms with Crippen molar-refractivity contribution in [3.63, 3.8) is 0 Å². The lowest BCUT2D eigenvalue weighted by atomic mass is 9.95. The first-order valence-electron chi connectivity index (χ1n) is 11.7.